The van der Waals surface area contributed by atoms with Gasteiger partial charge in [-0.2, -0.15) is 0 Å². The molecule has 3 aromatic carbocycles. The Kier molecular flexibility index (Phi) is 5.11. The van der Waals surface area contributed by atoms with Gasteiger partial charge in [0.2, 0.25) is 0 Å². The molecule has 0 aliphatic rings. The Labute approximate surface area is 149 Å². The molecule has 0 aliphatic heterocycles. The van der Waals surface area contributed by atoms with Crippen molar-refractivity contribution in [2.75, 3.05) is 0 Å². The maximum atomic E-state index is 10.7. The number of benzene rings is 3. The average molecular weight is 353 g/mol. The Balaban J connectivity index is 1.78. The number of hydrogen-bond acceptors (Lipinski definition) is 4. The van der Waals surface area contributed by atoms with Crippen LogP contribution in [0.4, 0.5) is 0 Å². The minimum atomic E-state index is 0.433. The molecule has 124 valence electrons. The fourth-order valence-corrected chi connectivity index (χ4v) is 2.27. The molecule has 0 heterocycles. The molecule has 0 aromatic heterocycles. The van der Waals surface area contributed by atoms with E-state index in [0.717, 1.165) is 12.6 Å². The van der Waals surface area contributed by atoms with Crippen molar-refractivity contribution < 1.29 is 19.1 Å². The van der Waals surface area contributed by atoms with E-state index in [-0.39, 0.29) is 0 Å². The lowest BCUT2D eigenvalue weighted by Crippen LogP contribution is -1.89. The predicted octanol–water partition coefficient (Wildman–Crippen LogP) is 5.55. The van der Waals surface area contributed by atoms with Crippen LogP contribution in [0.2, 0.25) is 5.02 Å². The lowest BCUT2D eigenvalue weighted by Gasteiger charge is -2.11. The predicted molar refractivity (Wildman–Crippen MR) is 95.3 cm³/mol. The van der Waals surface area contributed by atoms with Gasteiger partial charge >= 0.3 is 0 Å². The zero-order valence-electron chi connectivity index (χ0n) is 13.0. The lowest BCUT2D eigenvalue weighted by atomic mass is 10.2. The molecular weight excluding hydrogens is 340 g/mol. The molecule has 25 heavy (non-hydrogen) atoms. The molecule has 0 N–H and O–H groups in total. The molecule has 0 saturated carbocycles. The third kappa shape index (κ3) is 4.25. The van der Waals surface area contributed by atoms with E-state index in [0.29, 0.717) is 39.1 Å². The summed E-state index contributed by atoms with van der Waals surface area (Å²) in [6, 6.07) is 18.5. The maximum Gasteiger partial charge on any atom is 0.150 e. The van der Waals surface area contributed by atoms with E-state index in [1.807, 2.05) is 0 Å². The fraction of sp³-hybridized carbons (Fsp3) is 0. The Morgan fingerprint density at radius 3 is 1.64 bits per heavy atom. The number of carbonyl (C=O) groups excluding carboxylic acids is 2. The highest BCUT2D eigenvalue weighted by Crippen LogP contribution is 2.34. The van der Waals surface area contributed by atoms with Crippen molar-refractivity contribution in [2.24, 2.45) is 0 Å². The van der Waals surface area contributed by atoms with Gasteiger partial charge in [-0.25, -0.2) is 0 Å². The van der Waals surface area contributed by atoms with Gasteiger partial charge in [-0.3, -0.25) is 9.59 Å². The summed E-state index contributed by atoms with van der Waals surface area (Å²) >= 11 is 6.17. The third-order valence-electron chi connectivity index (χ3n) is 3.40. The molecule has 0 amide bonds. The molecule has 0 aliphatic carbocycles. The van der Waals surface area contributed by atoms with Crippen LogP contribution < -0.4 is 9.47 Å². The molecule has 0 radical (unpaired) electrons. The van der Waals surface area contributed by atoms with Gasteiger partial charge in [0.05, 0.1) is 5.02 Å². The van der Waals surface area contributed by atoms with Crippen LogP contribution in [0.5, 0.6) is 23.0 Å². The lowest BCUT2D eigenvalue weighted by molar-refractivity contribution is 0.111. The van der Waals surface area contributed by atoms with E-state index in [1.165, 1.54) is 0 Å². The van der Waals surface area contributed by atoms with E-state index >= 15 is 0 Å². The third-order valence-corrected chi connectivity index (χ3v) is 3.71. The van der Waals surface area contributed by atoms with E-state index in [1.54, 1.807) is 66.7 Å². The first kappa shape index (κ1) is 16.7. The number of carbonyl (C=O) groups is 2. The summed E-state index contributed by atoms with van der Waals surface area (Å²) in [5.41, 5.74) is 1.14. The largest absolute Gasteiger partial charge is 0.457 e. The minimum Gasteiger partial charge on any atom is -0.457 e. The average Bonchev–Trinajstić information content (AvgIpc) is 2.66. The van der Waals surface area contributed by atoms with Crippen LogP contribution in [0.3, 0.4) is 0 Å². The number of halogens is 1. The molecule has 0 unspecified atom stereocenters. The first-order chi connectivity index (χ1) is 12.2. The highest BCUT2D eigenvalue weighted by Gasteiger charge is 2.07. The monoisotopic (exact) mass is 352 g/mol. The summed E-state index contributed by atoms with van der Waals surface area (Å²) in [4.78, 5) is 21.4. The van der Waals surface area contributed by atoms with Gasteiger partial charge in [-0.05, 0) is 60.7 Å². The van der Waals surface area contributed by atoms with Crippen LogP contribution in [0, 0.1) is 0 Å². The Bertz CT molecular complexity index is 887. The smallest absolute Gasteiger partial charge is 0.150 e. The molecule has 5 heteroatoms. The van der Waals surface area contributed by atoms with Crippen molar-refractivity contribution in [3.63, 3.8) is 0 Å². The molecule has 3 rings (SSSR count). The van der Waals surface area contributed by atoms with Gasteiger partial charge in [0.15, 0.2) is 0 Å². The SMILES string of the molecule is O=Cc1ccc(Oc2ccc(Cl)c(Oc3ccc(C=O)cc3)c2)cc1. The molecular formula is C20H13ClO4. The second-order valence-electron chi connectivity index (χ2n) is 5.17. The zero-order valence-corrected chi connectivity index (χ0v) is 13.8. The Hall–Kier alpha value is -3.11. The van der Waals surface area contributed by atoms with Crippen LogP contribution in [-0.2, 0) is 0 Å². The zero-order chi connectivity index (χ0) is 17.6. The highest BCUT2D eigenvalue weighted by atomic mass is 35.5. The summed E-state index contributed by atoms with van der Waals surface area (Å²) in [6.07, 6.45) is 1.54. The molecule has 0 fully saturated rings. The second kappa shape index (κ2) is 7.64. The van der Waals surface area contributed by atoms with Crippen LogP contribution in [-0.4, -0.2) is 12.6 Å². The van der Waals surface area contributed by atoms with Crippen molar-refractivity contribution >= 4 is 24.2 Å². The van der Waals surface area contributed by atoms with Crippen molar-refractivity contribution in [2.45, 2.75) is 0 Å². The van der Waals surface area contributed by atoms with Gasteiger partial charge in [0.1, 0.15) is 35.6 Å². The van der Waals surface area contributed by atoms with Crippen molar-refractivity contribution in [3.05, 3.63) is 82.9 Å². The highest BCUT2D eigenvalue weighted by molar-refractivity contribution is 6.32. The standard InChI is InChI=1S/C20H13ClO4/c21-19-10-9-18(24-16-5-1-14(12-22)2-6-16)11-20(19)25-17-7-3-15(13-23)4-8-17/h1-13H. The number of aldehydes is 2. The fourth-order valence-electron chi connectivity index (χ4n) is 2.12. The second-order valence-corrected chi connectivity index (χ2v) is 5.58. The summed E-state index contributed by atoms with van der Waals surface area (Å²) in [5, 5.41) is 0.433. The van der Waals surface area contributed by atoms with Crippen LogP contribution in [0.15, 0.2) is 66.7 Å². The normalized spacial score (nSPS) is 10.1. The van der Waals surface area contributed by atoms with E-state index in [2.05, 4.69) is 0 Å². The summed E-state index contributed by atoms with van der Waals surface area (Å²) in [6.45, 7) is 0. The molecule has 0 spiro atoms. The van der Waals surface area contributed by atoms with E-state index < -0.39 is 0 Å². The van der Waals surface area contributed by atoms with Crippen LogP contribution in [0.25, 0.3) is 0 Å². The molecule has 3 aromatic rings. The van der Waals surface area contributed by atoms with Crippen molar-refractivity contribution in [3.8, 4) is 23.0 Å². The summed E-state index contributed by atoms with van der Waals surface area (Å²) in [7, 11) is 0. The molecule has 4 nitrogen and oxygen atoms in total. The van der Waals surface area contributed by atoms with Gasteiger partial charge < -0.3 is 9.47 Å². The minimum absolute atomic E-state index is 0.433. The molecule has 0 bridgehead atoms. The van der Waals surface area contributed by atoms with Crippen LogP contribution >= 0.6 is 11.6 Å². The van der Waals surface area contributed by atoms with Gasteiger partial charge in [0, 0.05) is 17.2 Å². The summed E-state index contributed by atoms with van der Waals surface area (Å²) in [5.74, 6) is 2.12. The molecule has 0 atom stereocenters. The van der Waals surface area contributed by atoms with E-state index in [4.69, 9.17) is 21.1 Å². The van der Waals surface area contributed by atoms with Gasteiger partial charge in [-0.1, -0.05) is 11.6 Å². The number of hydrogen-bond donors (Lipinski definition) is 0. The topological polar surface area (TPSA) is 52.6 Å². The van der Waals surface area contributed by atoms with Crippen LogP contribution in [0.1, 0.15) is 20.7 Å². The number of ether oxygens (including phenoxy) is 2. The van der Waals surface area contributed by atoms with Gasteiger partial charge in [0.25, 0.3) is 0 Å². The maximum absolute atomic E-state index is 10.7. The van der Waals surface area contributed by atoms with E-state index in [9.17, 15) is 9.59 Å². The quantitative estimate of drug-likeness (QED) is 0.546. The first-order valence-corrected chi connectivity index (χ1v) is 7.81. The summed E-state index contributed by atoms with van der Waals surface area (Å²) < 4.78 is 11.5. The Morgan fingerprint density at radius 2 is 1.12 bits per heavy atom. The van der Waals surface area contributed by atoms with Crippen molar-refractivity contribution in [1.82, 2.24) is 0 Å². The van der Waals surface area contributed by atoms with Gasteiger partial charge in [-0.15, -0.1) is 0 Å². The first-order valence-electron chi connectivity index (χ1n) is 7.44. The Morgan fingerprint density at radius 1 is 0.640 bits per heavy atom. The van der Waals surface area contributed by atoms with Crippen molar-refractivity contribution in [1.29, 1.82) is 0 Å². The molecule has 0 saturated heterocycles. The number of rotatable bonds is 6.